The third-order valence-corrected chi connectivity index (χ3v) is 7.51. The standard InChI is InChI=1S/C24H37N7O3/c1-15(2)21-25-26-22(34-21)18-12-24(14-31(18)13-19(32)28(5)6)8-10-30(11-9-24)23(33)20-16(3)27-29(7)17(20)4/h15,18H,8-14H2,1-7H3. The molecule has 10 nitrogen and oxygen atoms in total. The molecule has 1 unspecified atom stereocenters. The minimum absolute atomic E-state index is 0.0134. The van der Waals surface area contributed by atoms with E-state index in [1.165, 1.54) is 0 Å². The van der Waals surface area contributed by atoms with Crippen molar-refractivity contribution in [2.45, 2.75) is 58.9 Å². The summed E-state index contributed by atoms with van der Waals surface area (Å²) in [4.78, 5) is 31.6. The van der Waals surface area contributed by atoms with Gasteiger partial charge in [-0.05, 0) is 38.5 Å². The smallest absolute Gasteiger partial charge is 0.257 e. The number of nitrogens with zero attached hydrogens (tertiary/aromatic N) is 7. The maximum atomic E-state index is 13.3. The molecule has 2 aromatic heterocycles. The van der Waals surface area contributed by atoms with Crippen molar-refractivity contribution in [1.82, 2.24) is 34.7 Å². The molecule has 4 rings (SSSR count). The summed E-state index contributed by atoms with van der Waals surface area (Å²) < 4.78 is 7.79. The number of hydrogen-bond donors (Lipinski definition) is 0. The van der Waals surface area contributed by atoms with Crippen molar-refractivity contribution >= 4 is 11.8 Å². The number of likely N-dealkylation sites (N-methyl/N-ethyl adjacent to an activating group) is 1. The van der Waals surface area contributed by atoms with Crippen molar-refractivity contribution in [2.24, 2.45) is 12.5 Å². The number of amides is 2. The molecule has 0 saturated carbocycles. The number of rotatable bonds is 5. The quantitative estimate of drug-likeness (QED) is 0.659. The molecule has 1 spiro atoms. The lowest BCUT2D eigenvalue weighted by Gasteiger charge is -2.39. The Morgan fingerprint density at radius 2 is 1.85 bits per heavy atom. The summed E-state index contributed by atoms with van der Waals surface area (Å²) in [6.07, 6.45) is 2.61. The number of aromatic nitrogens is 4. The second-order valence-corrected chi connectivity index (χ2v) is 10.5. The Balaban J connectivity index is 1.51. The van der Waals surface area contributed by atoms with Crippen LogP contribution in [0.1, 0.15) is 78.6 Å². The van der Waals surface area contributed by atoms with Crippen LogP contribution in [-0.2, 0) is 11.8 Å². The summed E-state index contributed by atoms with van der Waals surface area (Å²) in [5, 5.41) is 13.0. The van der Waals surface area contributed by atoms with E-state index in [-0.39, 0.29) is 29.2 Å². The van der Waals surface area contributed by atoms with Gasteiger partial charge in [0.1, 0.15) is 0 Å². The molecule has 186 valence electrons. The van der Waals surface area contributed by atoms with Crippen LogP contribution in [-0.4, -0.2) is 86.8 Å². The zero-order valence-electron chi connectivity index (χ0n) is 21.5. The van der Waals surface area contributed by atoms with E-state index >= 15 is 0 Å². The van der Waals surface area contributed by atoms with E-state index in [1.54, 1.807) is 23.7 Å². The predicted molar refractivity (Wildman–Crippen MR) is 126 cm³/mol. The van der Waals surface area contributed by atoms with Crippen LogP contribution < -0.4 is 0 Å². The SMILES string of the molecule is Cc1nn(C)c(C)c1C(=O)N1CCC2(CC1)CC(c1nnc(C(C)C)o1)N(CC(=O)N(C)C)C2. The number of carbonyl (C=O) groups excluding carboxylic acids is 2. The first-order valence-corrected chi connectivity index (χ1v) is 12.1. The molecule has 0 aliphatic carbocycles. The second-order valence-electron chi connectivity index (χ2n) is 10.5. The van der Waals surface area contributed by atoms with Crippen LogP contribution in [0.25, 0.3) is 0 Å². The van der Waals surface area contributed by atoms with Crippen LogP contribution in [0, 0.1) is 19.3 Å². The summed E-state index contributed by atoms with van der Waals surface area (Å²) in [5.74, 6) is 1.48. The van der Waals surface area contributed by atoms with Crippen molar-refractivity contribution in [3.05, 3.63) is 28.7 Å². The Morgan fingerprint density at radius 1 is 1.18 bits per heavy atom. The largest absolute Gasteiger partial charge is 0.423 e. The predicted octanol–water partition coefficient (Wildman–Crippen LogP) is 2.30. The average molecular weight is 472 g/mol. The van der Waals surface area contributed by atoms with Crippen molar-refractivity contribution in [3.63, 3.8) is 0 Å². The van der Waals surface area contributed by atoms with Crippen LogP contribution in [0.4, 0.5) is 0 Å². The normalized spacial score (nSPS) is 20.5. The Hall–Kier alpha value is -2.75. The molecule has 0 N–H and O–H groups in total. The minimum atomic E-state index is -0.0889. The zero-order valence-corrected chi connectivity index (χ0v) is 21.5. The van der Waals surface area contributed by atoms with Crippen molar-refractivity contribution in [3.8, 4) is 0 Å². The highest BCUT2D eigenvalue weighted by Crippen LogP contribution is 2.49. The maximum Gasteiger partial charge on any atom is 0.257 e. The third kappa shape index (κ3) is 4.47. The summed E-state index contributed by atoms with van der Waals surface area (Å²) in [6, 6.07) is -0.0889. The highest BCUT2D eigenvalue weighted by Gasteiger charge is 2.49. The first kappa shape index (κ1) is 24.4. The molecule has 2 fully saturated rings. The molecule has 2 aromatic rings. The van der Waals surface area contributed by atoms with Crippen LogP contribution in [0.3, 0.4) is 0 Å². The van der Waals surface area contributed by atoms with Gasteiger partial charge in [0.2, 0.25) is 17.7 Å². The first-order chi connectivity index (χ1) is 16.0. The third-order valence-electron chi connectivity index (χ3n) is 7.51. The molecule has 0 bridgehead atoms. The molecule has 2 saturated heterocycles. The monoisotopic (exact) mass is 471 g/mol. The fraction of sp³-hybridized carbons (Fsp3) is 0.708. The summed E-state index contributed by atoms with van der Waals surface area (Å²) >= 11 is 0. The van der Waals surface area contributed by atoms with Gasteiger partial charge in [-0.15, -0.1) is 10.2 Å². The van der Waals surface area contributed by atoms with Crippen LogP contribution in [0.5, 0.6) is 0 Å². The lowest BCUT2D eigenvalue weighted by molar-refractivity contribution is -0.130. The zero-order chi connectivity index (χ0) is 24.8. The Kier molecular flexibility index (Phi) is 6.54. The molecule has 10 heteroatoms. The van der Waals surface area contributed by atoms with Gasteiger partial charge in [-0.25, -0.2) is 0 Å². The molecule has 2 amide bonds. The van der Waals surface area contributed by atoms with E-state index < -0.39 is 0 Å². The van der Waals surface area contributed by atoms with Gasteiger partial charge < -0.3 is 14.2 Å². The summed E-state index contributed by atoms with van der Waals surface area (Å²) in [7, 11) is 5.42. The lowest BCUT2D eigenvalue weighted by atomic mass is 9.76. The van der Waals surface area contributed by atoms with Gasteiger partial charge in [0.05, 0.1) is 23.8 Å². The van der Waals surface area contributed by atoms with Gasteiger partial charge in [0, 0.05) is 52.4 Å². The fourth-order valence-corrected chi connectivity index (χ4v) is 5.27. The molecule has 0 radical (unpaired) electrons. The fourth-order valence-electron chi connectivity index (χ4n) is 5.27. The van der Waals surface area contributed by atoms with E-state index in [9.17, 15) is 9.59 Å². The van der Waals surface area contributed by atoms with E-state index in [0.717, 1.165) is 37.2 Å². The van der Waals surface area contributed by atoms with Crippen molar-refractivity contribution in [2.75, 3.05) is 40.3 Å². The van der Waals surface area contributed by atoms with Crippen molar-refractivity contribution < 1.29 is 14.0 Å². The van der Waals surface area contributed by atoms with E-state index in [2.05, 4.69) is 20.2 Å². The Labute approximate surface area is 201 Å². The highest BCUT2D eigenvalue weighted by atomic mass is 16.4. The summed E-state index contributed by atoms with van der Waals surface area (Å²) in [5.41, 5.74) is 2.40. The molecule has 2 aliphatic rings. The highest BCUT2D eigenvalue weighted by molar-refractivity contribution is 5.96. The minimum Gasteiger partial charge on any atom is -0.423 e. The molecule has 2 aliphatic heterocycles. The average Bonchev–Trinajstić information content (AvgIpc) is 3.45. The Bertz CT molecular complexity index is 1060. The summed E-state index contributed by atoms with van der Waals surface area (Å²) in [6.45, 7) is 10.4. The molecule has 1 atom stereocenters. The second kappa shape index (κ2) is 9.13. The van der Waals surface area contributed by atoms with E-state index in [1.807, 2.05) is 39.6 Å². The van der Waals surface area contributed by atoms with Gasteiger partial charge in [0.25, 0.3) is 5.91 Å². The number of likely N-dealkylation sites (tertiary alicyclic amines) is 2. The number of hydrogen-bond acceptors (Lipinski definition) is 7. The van der Waals surface area contributed by atoms with Crippen molar-refractivity contribution in [1.29, 1.82) is 0 Å². The molecule has 4 heterocycles. The van der Waals surface area contributed by atoms with Crippen LogP contribution in [0.2, 0.25) is 0 Å². The van der Waals surface area contributed by atoms with E-state index in [0.29, 0.717) is 37.0 Å². The first-order valence-electron chi connectivity index (χ1n) is 12.1. The van der Waals surface area contributed by atoms with Gasteiger partial charge in [-0.2, -0.15) is 5.10 Å². The van der Waals surface area contributed by atoms with Gasteiger partial charge in [0.15, 0.2) is 0 Å². The topological polar surface area (TPSA) is 101 Å². The molecular weight excluding hydrogens is 434 g/mol. The maximum absolute atomic E-state index is 13.3. The van der Waals surface area contributed by atoms with Gasteiger partial charge in [-0.1, -0.05) is 13.8 Å². The number of aryl methyl sites for hydroxylation is 2. The number of carbonyl (C=O) groups is 2. The lowest BCUT2D eigenvalue weighted by Crippen LogP contribution is -2.45. The molecular formula is C24H37N7O3. The number of piperidine rings is 1. The molecule has 34 heavy (non-hydrogen) atoms. The molecule has 0 aromatic carbocycles. The van der Waals surface area contributed by atoms with Gasteiger partial charge >= 0.3 is 0 Å². The van der Waals surface area contributed by atoms with E-state index in [4.69, 9.17) is 4.42 Å². The van der Waals surface area contributed by atoms with Crippen LogP contribution in [0.15, 0.2) is 4.42 Å². The van der Waals surface area contributed by atoms with Gasteiger partial charge in [-0.3, -0.25) is 19.2 Å². The van der Waals surface area contributed by atoms with Crippen LogP contribution >= 0.6 is 0 Å². The Morgan fingerprint density at radius 3 is 2.38 bits per heavy atom.